The highest BCUT2D eigenvalue weighted by Crippen LogP contribution is 2.24. The fourth-order valence-corrected chi connectivity index (χ4v) is 1.99. The van der Waals surface area contributed by atoms with E-state index < -0.39 is 5.76 Å². The van der Waals surface area contributed by atoms with E-state index in [1.807, 2.05) is 19.0 Å². The SMILES string of the molecule is CN(C)CCCNC(=O)c1ccc(SC(F)F)cc1. The van der Waals surface area contributed by atoms with Crippen molar-refractivity contribution in [3.8, 4) is 0 Å². The molecular formula is C13H18F2N2OS. The third kappa shape index (κ3) is 6.54. The third-order valence-corrected chi connectivity index (χ3v) is 3.13. The van der Waals surface area contributed by atoms with E-state index in [1.165, 1.54) is 12.1 Å². The lowest BCUT2D eigenvalue weighted by molar-refractivity contribution is 0.0952. The van der Waals surface area contributed by atoms with Crippen LogP contribution in [0, 0.1) is 0 Å². The van der Waals surface area contributed by atoms with Gasteiger partial charge in [-0.1, -0.05) is 11.8 Å². The summed E-state index contributed by atoms with van der Waals surface area (Å²) >= 11 is 0.473. The van der Waals surface area contributed by atoms with E-state index in [-0.39, 0.29) is 5.91 Å². The van der Waals surface area contributed by atoms with Crippen LogP contribution < -0.4 is 5.32 Å². The second kappa shape index (κ2) is 8.12. The molecule has 0 bridgehead atoms. The van der Waals surface area contributed by atoms with Crippen molar-refractivity contribution in [2.45, 2.75) is 17.1 Å². The number of carbonyl (C=O) groups is 1. The average molecular weight is 288 g/mol. The van der Waals surface area contributed by atoms with E-state index in [9.17, 15) is 13.6 Å². The Morgan fingerprint density at radius 3 is 2.47 bits per heavy atom. The fraction of sp³-hybridized carbons (Fsp3) is 0.462. The van der Waals surface area contributed by atoms with Gasteiger partial charge in [0.15, 0.2) is 0 Å². The van der Waals surface area contributed by atoms with E-state index >= 15 is 0 Å². The number of thioether (sulfide) groups is 1. The Hall–Kier alpha value is -1.14. The lowest BCUT2D eigenvalue weighted by Gasteiger charge is -2.10. The maximum absolute atomic E-state index is 12.1. The summed E-state index contributed by atoms with van der Waals surface area (Å²) in [5.41, 5.74) is 0.489. The fourth-order valence-electron chi connectivity index (χ4n) is 1.49. The molecule has 0 heterocycles. The monoisotopic (exact) mass is 288 g/mol. The van der Waals surface area contributed by atoms with Crippen molar-refractivity contribution in [1.29, 1.82) is 0 Å². The van der Waals surface area contributed by atoms with Gasteiger partial charge in [0.2, 0.25) is 0 Å². The van der Waals surface area contributed by atoms with Crippen molar-refractivity contribution in [2.75, 3.05) is 27.2 Å². The molecular weight excluding hydrogens is 270 g/mol. The first kappa shape index (κ1) is 15.9. The van der Waals surface area contributed by atoms with Gasteiger partial charge in [0.25, 0.3) is 11.7 Å². The summed E-state index contributed by atoms with van der Waals surface area (Å²) in [7, 11) is 3.95. The molecule has 0 unspecified atom stereocenters. The molecule has 0 aliphatic carbocycles. The summed E-state index contributed by atoms with van der Waals surface area (Å²) < 4.78 is 24.3. The molecule has 1 rings (SSSR count). The zero-order valence-electron chi connectivity index (χ0n) is 11.0. The summed E-state index contributed by atoms with van der Waals surface area (Å²) in [6, 6.07) is 6.19. The van der Waals surface area contributed by atoms with Gasteiger partial charge in [-0.2, -0.15) is 8.78 Å². The Kier molecular flexibility index (Phi) is 6.80. The number of nitrogens with one attached hydrogen (secondary N) is 1. The second-order valence-corrected chi connectivity index (χ2v) is 5.38. The molecule has 0 atom stereocenters. The van der Waals surface area contributed by atoms with Crippen molar-refractivity contribution in [3.05, 3.63) is 29.8 Å². The quantitative estimate of drug-likeness (QED) is 0.618. The normalized spacial score (nSPS) is 11.1. The van der Waals surface area contributed by atoms with Crippen LogP contribution in [-0.2, 0) is 0 Å². The van der Waals surface area contributed by atoms with Gasteiger partial charge in [-0.05, 0) is 51.3 Å². The maximum atomic E-state index is 12.1. The molecule has 0 spiro atoms. The molecule has 1 amide bonds. The van der Waals surface area contributed by atoms with Gasteiger partial charge >= 0.3 is 0 Å². The molecule has 6 heteroatoms. The summed E-state index contributed by atoms with van der Waals surface area (Å²) in [6.07, 6.45) is 0.873. The van der Waals surface area contributed by atoms with E-state index in [0.29, 0.717) is 28.8 Å². The number of alkyl halides is 2. The van der Waals surface area contributed by atoms with Gasteiger partial charge < -0.3 is 10.2 Å². The van der Waals surface area contributed by atoms with Crippen molar-refractivity contribution in [1.82, 2.24) is 10.2 Å². The van der Waals surface area contributed by atoms with Crippen LogP contribution in [-0.4, -0.2) is 43.7 Å². The van der Waals surface area contributed by atoms with Gasteiger partial charge in [0, 0.05) is 17.0 Å². The summed E-state index contributed by atoms with van der Waals surface area (Å²) in [5, 5.41) is 2.79. The van der Waals surface area contributed by atoms with Gasteiger partial charge in [0.05, 0.1) is 0 Å². The van der Waals surface area contributed by atoms with E-state index in [4.69, 9.17) is 0 Å². The van der Waals surface area contributed by atoms with Crippen molar-refractivity contribution in [2.24, 2.45) is 0 Å². The highest BCUT2D eigenvalue weighted by molar-refractivity contribution is 7.99. The van der Waals surface area contributed by atoms with Crippen molar-refractivity contribution >= 4 is 17.7 Å². The number of halogens is 2. The number of benzene rings is 1. The van der Waals surface area contributed by atoms with Gasteiger partial charge in [-0.25, -0.2) is 0 Å². The van der Waals surface area contributed by atoms with Gasteiger partial charge in [-0.3, -0.25) is 4.79 Å². The van der Waals surface area contributed by atoms with Crippen LogP contribution >= 0.6 is 11.8 Å². The molecule has 0 radical (unpaired) electrons. The van der Waals surface area contributed by atoms with Crippen LogP contribution in [0.2, 0.25) is 0 Å². The summed E-state index contributed by atoms with van der Waals surface area (Å²) in [5.74, 6) is -2.61. The van der Waals surface area contributed by atoms with Crippen molar-refractivity contribution < 1.29 is 13.6 Å². The number of amides is 1. The number of carbonyl (C=O) groups excluding carboxylic acids is 1. The third-order valence-electron chi connectivity index (χ3n) is 2.41. The summed E-state index contributed by atoms with van der Waals surface area (Å²) in [6.45, 7) is 1.51. The minimum absolute atomic E-state index is 0.174. The minimum Gasteiger partial charge on any atom is -0.352 e. The summed E-state index contributed by atoms with van der Waals surface area (Å²) in [4.78, 5) is 14.2. The zero-order chi connectivity index (χ0) is 14.3. The molecule has 0 aromatic heterocycles. The number of hydrogen-bond acceptors (Lipinski definition) is 3. The maximum Gasteiger partial charge on any atom is 0.288 e. The molecule has 0 saturated carbocycles. The van der Waals surface area contributed by atoms with Crippen LogP contribution in [0.4, 0.5) is 8.78 Å². The number of nitrogens with zero attached hydrogens (tertiary/aromatic N) is 1. The molecule has 3 nitrogen and oxygen atoms in total. The average Bonchev–Trinajstić information content (AvgIpc) is 2.34. The zero-order valence-corrected chi connectivity index (χ0v) is 11.8. The molecule has 1 aromatic rings. The molecule has 106 valence electrons. The lowest BCUT2D eigenvalue weighted by atomic mass is 10.2. The van der Waals surface area contributed by atoms with Crippen molar-refractivity contribution in [3.63, 3.8) is 0 Å². The van der Waals surface area contributed by atoms with Gasteiger partial charge in [-0.15, -0.1) is 0 Å². The standard InChI is InChI=1S/C13H18F2N2OS/c1-17(2)9-3-8-16-12(18)10-4-6-11(7-5-10)19-13(14)15/h4-7,13H,3,8-9H2,1-2H3,(H,16,18). The highest BCUT2D eigenvalue weighted by Gasteiger charge is 2.07. The second-order valence-electron chi connectivity index (χ2n) is 4.32. The van der Waals surface area contributed by atoms with E-state index in [0.717, 1.165) is 13.0 Å². The Bertz CT molecular complexity index is 396. The van der Waals surface area contributed by atoms with E-state index in [1.54, 1.807) is 12.1 Å². The Labute approximate surface area is 116 Å². The molecule has 19 heavy (non-hydrogen) atoms. The lowest BCUT2D eigenvalue weighted by Crippen LogP contribution is -2.27. The van der Waals surface area contributed by atoms with Crippen LogP contribution in [0.3, 0.4) is 0 Å². The number of rotatable bonds is 7. The molecule has 0 saturated heterocycles. The van der Waals surface area contributed by atoms with Gasteiger partial charge in [0.1, 0.15) is 0 Å². The van der Waals surface area contributed by atoms with Crippen LogP contribution in [0.25, 0.3) is 0 Å². The van der Waals surface area contributed by atoms with Crippen LogP contribution in [0.15, 0.2) is 29.2 Å². The molecule has 1 N–H and O–H groups in total. The predicted molar refractivity (Wildman–Crippen MR) is 73.8 cm³/mol. The van der Waals surface area contributed by atoms with Crippen LogP contribution in [0.5, 0.6) is 0 Å². The molecule has 0 aliphatic heterocycles. The van der Waals surface area contributed by atoms with E-state index in [2.05, 4.69) is 5.32 Å². The topological polar surface area (TPSA) is 32.3 Å². The first-order chi connectivity index (χ1) is 8.99. The Balaban J connectivity index is 2.40. The molecule has 0 aliphatic rings. The Morgan fingerprint density at radius 2 is 1.95 bits per heavy atom. The molecule has 1 aromatic carbocycles. The Morgan fingerprint density at radius 1 is 1.32 bits per heavy atom. The predicted octanol–water partition coefficient (Wildman–Crippen LogP) is 2.68. The molecule has 0 fully saturated rings. The minimum atomic E-state index is -2.44. The smallest absolute Gasteiger partial charge is 0.288 e. The highest BCUT2D eigenvalue weighted by atomic mass is 32.2. The largest absolute Gasteiger partial charge is 0.352 e. The first-order valence-corrected chi connectivity index (χ1v) is 6.85. The van der Waals surface area contributed by atoms with Crippen LogP contribution in [0.1, 0.15) is 16.8 Å². The number of hydrogen-bond donors (Lipinski definition) is 1. The first-order valence-electron chi connectivity index (χ1n) is 5.97.